The van der Waals surface area contributed by atoms with Crippen molar-refractivity contribution >= 4 is 11.6 Å². The van der Waals surface area contributed by atoms with Crippen molar-refractivity contribution in [3.8, 4) is 0 Å². The SMILES string of the molecule is CCCNCC1CCC(C)CC1c1ccc(Cl)cc1F. The van der Waals surface area contributed by atoms with E-state index in [0.717, 1.165) is 31.5 Å². The van der Waals surface area contributed by atoms with Crippen LogP contribution in [0.15, 0.2) is 18.2 Å². The van der Waals surface area contributed by atoms with Gasteiger partial charge in [-0.25, -0.2) is 4.39 Å². The molecule has 1 nitrogen and oxygen atoms in total. The third kappa shape index (κ3) is 3.95. The molecule has 0 saturated heterocycles. The lowest BCUT2D eigenvalue weighted by molar-refractivity contribution is 0.238. The Bertz CT molecular complexity index is 435. The first-order valence-electron chi connectivity index (χ1n) is 7.77. The summed E-state index contributed by atoms with van der Waals surface area (Å²) in [4.78, 5) is 0. The number of halogens is 2. The number of benzene rings is 1. The lowest BCUT2D eigenvalue weighted by Crippen LogP contribution is -2.32. The number of nitrogens with one attached hydrogen (secondary N) is 1. The molecule has 1 N–H and O–H groups in total. The molecule has 1 aromatic carbocycles. The fourth-order valence-corrected chi connectivity index (χ4v) is 3.49. The van der Waals surface area contributed by atoms with E-state index in [9.17, 15) is 4.39 Å². The molecular formula is C17H25ClFN. The Labute approximate surface area is 126 Å². The molecule has 3 heteroatoms. The molecule has 0 aliphatic heterocycles. The van der Waals surface area contributed by atoms with Crippen LogP contribution in [0.25, 0.3) is 0 Å². The van der Waals surface area contributed by atoms with E-state index >= 15 is 0 Å². The summed E-state index contributed by atoms with van der Waals surface area (Å²) in [6.45, 7) is 6.48. The monoisotopic (exact) mass is 297 g/mol. The Kier molecular flexibility index (Phi) is 5.86. The highest BCUT2D eigenvalue weighted by molar-refractivity contribution is 6.30. The van der Waals surface area contributed by atoms with Crippen molar-refractivity contribution in [2.45, 2.75) is 45.4 Å². The fraction of sp³-hybridized carbons (Fsp3) is 0.647. The lowest BCUT2D eigenvalue weighted by atomic mass is 9.71. The lowest BCUT2D eigenvalue weighted by Gasteiger charge is -2.35. The van der Waals surface area contributed by atoms with E-state index in [0.29, 0.717) is 22.8 Å². The Morgan fingerprint density at radius 3 is 2.85 bits per heavy atom. The molecular weight excluding hydrogens is 273 g/mol. The summed E-state index contributed by atoms with van der Waals surface area (Å²) in [5, 5.41) is 3.98. The summed E-state index contributed by atoms with van der Waals surface area (Å²) in [5.74, 6) is 1.39. The Morgan fingerprint density at radius 1 is 1.35 bits per heavy atom. The molecule has 3 unspecified atom stereocenters. The molecule has 1 fully saturated rings. The Balaban J connectivity index is 2.14. The standard InChI is InChI=1S/C17H25ClFN/c1-3-8-20-11-13-5-4-12(2)9-16(13)15-7-6-14(18)10-17(15)19/h6-7,10,12-13,16,20H,3-5,8-9,11H2,1-2H3. The number of hydrogen-bond acceptors (Lipinski definition) is 1. The maximum absolute atomic E-state index is 14.2. The molecule has 112 valence electrons. The topological polar surface area (TPSA) is 12.0 Å². The van der Waals surface area contributed by atoms with Gasteiger partial charge in [-0.05, 0) is 67.8 Å². The fourth-order valence-electron chi connectivity index (χ4n) is 3.34. The van der Waals surface area contributed by atoms with Crippen LogP contribution >= 0.6 is 11.6 Å². The third-order valence-electron chi connectivity index (χ3n) is 4.45. The van der Waals surface area contributed by atoms with Gasteiger partial charge >= 0.3 is 0 Å². The zero-order valence-electron chi connectivity index (χ0n) is 12.5. The normalized spacial score (nSPS) is 26.7. The van der Waals surface area contributed by atoms with E-state index in [2.05, 4.69) is 19.2 Å². The van der Waals surface area contributed by atoms with Crippen LogP contribution in [0.1, 0.15) is 51.0 Å². The van der Waals surface area contributed by atoms with Crippen LogP contribution in [0.4, 0.5) is 4.39 Å². The van der Waals surface area contributed by atoms with Gasteiger partial charge in [0.25, 0.3) is 0 Å². The summed E-state index contributed by atoms with van der Waals surface area (Å²) in [6.07, 6.45) is 4.66. The molecule has 1 aliphatic carbocycles. The number of rotatable bonds is 5. The van der Waals surface area contributed by atoms with Crippen molar-refractivity contribution in [1.82, 2.24) is 5.32 Å². The van der Waals surface area contributed by atoms with Gasteiger partial charge in [0.2, 0.25) is 0 Å². The second-order valence-corrected chi connectivity index (χ2v) is 6.59. The van der Waals surface area contributed by atoms with Crippen molar-refractivity contribution in [3.63, 3.8) is 0 Å². The predicted octanol–water partition coefficient (Wildman–Crippen LogP) is 5.00. The highest BCUT2D eigenvalue weighted by Gasteiger charge is 2.31. The largest absolute Gasteiger partial charge is 0.316 e. The van der Waals surface area contributed by atoms with Crippen LogP contribution in [0.5, 0.6) is 0 Å². The molecule has 2 rings (SSSR count). The zero-order valence-corrected chi connectivity index (χ0v) is 13.2. The molecule has 0 heterocycles. The first-order valence-corrected chi connectivity index (χ1v) is 8.15. The van der Waals surface area contributed by atoms with Gasteiger partial charge in [0.05, 0.1) is 0 Å². The average molecular weight is 298 g/mol. The second-order valence-electron chi connectivity index (χ2n) is 6.15. The van der Waals surface area contributed by atoms with E-state index < -0.39 is 0 Å². The van der Waals surface area contributed by atoms with Gasteiger partial charge in [-0.1, -0.05) is 37.9 Å². The van der Waals surface area contributed by atoms with Gasteiger partial charge in [-0.2, -0.15) is 0 Å². The molecule has 3 atom stereocenters. The summed E-state index contributed by atoms with van der Waals surface area (Å²) in [6, 6.07) is 5.15. The maximum Gasteiger partial charge on any atom is 0.128 e. The zero-order chi connectivity index (χ0) is 14.5. The predicted molar refractivity (Wildman–Crippen MR) is 83.8 cm³/mol. The second kappa shape index (κ2) is 7.42. The summed E-state index contributed by atoms with van der Waals surface area (Å²) >= 11 is 5.87. The Hall–Kier alpha value is -0.600. The van der Waals surface area contributed by atoms with E-state index in [4.69, 9.17) is 11.6 Å². The molecule has 1 saturated carbocycles. The number of hydrogen-bond donors (Lipinski definition) is 1. The van der Waals surface area contributed by atoms with Crippen LogP contribution < -0.4 is 5.32 Å². The van der Waals surface area contributed by atoms with Gasteiger partial charge in [-0.15, -0.1) is 0 Å². The van der Waals surface area contributed by atoms with Crippen LogP contribution in [0.2, 0.25) is 5.02 Å². The van der Waals surface area contributed by atoms with Crippen molar-refractivity contribution < 1.29 is 4.39 Å². The van der Waals surface area contributed by atoms with E-state index in [1.54, 1.807) is 0 Å². The van der Waals surface area contributed by atoms with Gasteiger partial charge < -0.3 is 5.32 Å². The van der Waals surface area contributed by atoms with Crippen molar-refractivity contribution in [2.75, 3.05) is 13.1 Å². The van der Waals surface area contributed by atoms with Crippen LogP contribution in [0, 0.1) is 17.7 Å². The van der Waals surface area contributed by atoms with Gasteiger partial charge in [0, 0.05) is 5.02 Å². The van der Waals surface area contributed by atoms with E-state index in [1.807, 2.05) is 12.1 Å². The van der Waals surface area contributed by atoms with Gasteiger partial charge in [0.1, 0.15) is 5.82 Å². The minimum Gasteiger partial charge on any atom is -0.316 e. The molecule has 0 bridgehead atoms. The molecule has 0 aromatic heterocycles. The van der Waals surface area contributed by atoms with Gasteiger partial charge in [-0.3, -0.25) is 0 Å². The highest BCUT2D eigenvalue weighted by Crippen LogP contribution is 2.41. The minimum atomic E-state index is -0.142. The molecule has 1 aromatic rings. The van der Waals surface area contributed by atoms with E-state index in [1.165, 1.54) is 18.9 Å². The minimum absolute atomic E-state index is 0.142. The maximum atomic E-state index is 14.2. The van der Waals surface area contributed by atoms with Crippen molar-refractivity contribution in [1.29, 1.82) is 0 Å². The summed E-state index contributed by atoms with van der Waals surface area (Å²) in [7, 11) is 0. The van der Waals surface area contributed by atoms with Crippen molar-refractivity contribution in [2.24, 2.45) is 11.8 Å². The van der Waals surface area contributed by atoms with Crippen LogP contribution in [0.3, 0.4) is 0 Å². The molecule has 0 spiro atoms. The molecule has 20 heavy (non-hydrogen) atoms. The van der Waals surface area contributed by atoms with Gasteiger partial charge in [0.15, 0.2) is 0 Å². The summed E-state index contributed by atoms with van der Waals surface area (Å²) in [5.41, 5.74) is 0.851. The quantitative estimate of drug-likeness (QED) is 0.754. The molecule has 0 amide bonds. The third-order valence-corrected chi connectivity index (χ3v) is 4.69. The summed E-state index contributed by atoms with van der Waals surface area (Å²) < 4.78 is 14.2. The van der Waals surface area contributed by atoms with Crippen LogP contribution in [-0.4, -0.2) is 13.1 Å². The Morgan fingerprint density at radius 2 is 2.15 bits per heavy atom. The first-order chi connectivity index (χ1) is 9.61. The molecule has 0 radical (unpaired) electrons. The average Bonchev–Trinajstić information content (AvgIpc) is 2.41. The first kappa shape index (κ1) is 15.8. The van der Waals surface area contributed by atoms with Crippen molar-refractivity contribution in [3.05, 3.63) is 34.6 Å². The molecule has 1 aliphatic rings. The highest BCUT2D eigenvalue weighted by atomic mass is 35.5. The smallest absolute Gasteiger partial charge is 0.128 e. The van der Waals surface area contributed by atoms with E-state index in [-0.39, 0.29) is 5.82 Å². The van der Waals surface area contributed by atoms with Crippen LogP contribution in [-0.2, 0) is 0 Å².